The molecule has 8 heteroatoms. The van der Waals surface area contributed by atoms with E-state index in [-0.39, 0.29) is 11.4 Å². The fraction of sp³-hybridized carbons (Fsp3) is 0.500. The molecule has 110 valence electrons. The van der Waals surface area contributed by atoms with Gasteiger partial charge in [-0.3, -0.25) is 0 Å². The second kappa shape index (κ2) is 5.72. The molecule has 0 fully saturated rings. The van der Waals surface area contributed by atoms with Gasteiger partial charge in [0.1, 0.15) is 15.9 Å². The average molecular weight is 314 g/mol. The predicted octanol–water partition coefficient (Wildman–Crippen LogP) is 1.49. The van der Waals surface area contributed by atoms with Crippen molar-refractivity contribution < 1.29 is 8.42 Å². The Morgan fingerprint density at radius 1 is 1.30 bits per heavy atom. The molecule has 0 aliphatic heterocycles. The molecule has 2 aromatic rings. The van der Waals surface area contributed by atoms with Crippen molar-refractivity contribution in [3.8, 4) is 0 Å². The number of benzene rings is 1. The number of hydrogen-bond donors (Lipinski definition) is 2. The van der Waals surface area contributed by atoms with Gasteiger partial charge in [-0.25, -0.2) is 13.1 Å². The first-order chi connectivity index (χ1) is 9.48. The average Bonchev–Trinajstić information content (AvgIpc) is 2.93. The molecule has 0 aliphatic carbocycles. The van der Waals surface area contributed by atoms with Crippen molar-refractivity contribution in [3.63, 3.8) is 0 Å². The summed E-state index contributed by atoms with van der Waals surface area (Å²) in [7, 11) is -3.68. The van der Waals surface area contributed by atoms with E-state index in [9.17, 15) is 8.42 Å². The number of nitrogens with zero attached hydrogens (tertiary/aromatic N) is 2. The van der Waals surface area contributed by atoms with Gasteiger partial charge in [0.25, 0.3) is 0 Å². The summed E-state index contributed by atoms with van der Waals surface area (Å²) in [6.45, 7) is 4.10. The van der Waals surface area contributed by atoms with Gasteiger partial charge in [-0.2, -0.15) is 8.75 Å². The summed E-state index contributed by atoms with van der Waals surface area (Å²) in [5, 5.41) is 0. The molecule has 6 nitrogen and oxygen atoms in total. The first-order valence-electron chi connectivity index (χ1n) is 6.43. The molecule has 1 aromatic carbocycles. The monoisotopic (exact) mass is 314 g/mol. The standard InChI is InChI=1S/C12H18N4O2S2/c1-3-12(4-2,8-13)16-20(17,18)10-7-5-6-9-11(10)15-19-14-9/h5-7,16H,3-4,8,13H2,1-2H3. The zero-order valence-electron chi connectivity index (χ0n) is 11.5. The van der Waals surface area contributed by atoms with Gasteiger partial charge in [0.15, 0.2) is 0 Å². The number of nitrogens with two attached hydrogens (primary N) is 1. The van der Waals surface area contributed by atoms with Gasteiger partial charge in [-0.1, -0.05) is 19.9 Å². The van der Waals surface area contributed by atoms with E-state index >= 15 is 0 Å². The van der Waals surface area contributed by atoms with Crippen LogP contribution in [0.5, 0.6) is 0 Å². The predicted molar refractivity (Wildman–Crippen MR) is 80.1 cm³/mol. The van der Waals surface area contributed by atoms with Crippen LogP contribution in [0.25, 0.3) is 11.0 Å². The van der Waals surface area contributed by atoms with Gasteiger partial charge in [-0.15, -0.1) is 0 Å². The van der Waals surface area contributed by atoms with Gasteiger partial charge in [0, 0.05) is 12.1 Å². The van der Waals surface area contributed by atoms with Gasteiger partial charge < -0.3 is 5.73 Å². The van der Waals surface area contributed by atoms with Crippen LogP contribution in [0.3, 0.4) is 0 Å². The molecule has 0 bridgehead atoms. The van der Waals surface area contributed by atoms with E-state index in [1.165, 1.54) is 0 Å². The quantitative estimate of drug-likeness (QED) is 0.841. The highest BCUT2D eigenvalue weighted by molar-refractivity contribution is 7.89. The summed E-state index contributed by atoms with van der Waals surface area (Å²) < 4.78 is 36.1. The largest absolute Gasteiger partial charge is 0.329 e. The van der Waals surface area contributed by atoms with Crippen LogP contribution in [-0.4, -0.2) is 29.2 Å². The van der Waals surface area contributed by atoms with Crippen LogP contribution in [-0.2, 0) is 10.0 Å². The summed E-state index contributed by atoms with van der Waals surface area (Å²) in [6.07, 6.45) is 1.26. The lowest BCUT2D eigenvalue weighted by Crippen LogP contribution is -2.52. The summed E-state index contributed by atoms with van der Waals surface area (Å²) in [5.74, 6) is 0. The minimum Gasteiger partial charge on any atom is -0.329 e. The van der Waals surface area contributed by atoms with E-state index in [4.69, 9.17) is 5.73 Å². The number of fused-ring (bicyclic) bond motifs is 1. The van der Waals surface area contributed by atoms with E-state index in [1.54, 1.807) is 18.2 Å². The molecule has 0 saturated carbocycles. The van der Waals surface area contributed by atoms with Gasteiger partial charge >= 0.3 is 0 Å². The van der Waals surface area contributed by atoms with Crippen molar-refractivity contribution in [2.45, 2.75) is 37.1 Å². The number of hydrogen-bond acceptors (Lipinski definition) is 6. The van der Waals surface area contributed by atoms with Crippen LogP contribution < -0.4 is 10.5 Å². The fourth-order valence-electron chi connectivity index (χ4n) is 2.06. The summed E-state index contributed by atoms with van der Waals surface area (Å²) >= 11 is 1.00. The smallest absolute Gasteiger partial charge is 0.243 e. The third-order valence-electron chi connectivity index (χ3n) is 3.63. The second-order valence-electron chi connectivity index (χ2n) is 4.69. The van der Waals surface area contributed by atoms with Crippen LogP contribution in [0.4, 0.5) is 0 Å². The molecular formula is C12H18N4O2S2. The van der Waals surface area contributed by atoms with Crippen molar-refractivity contribution >= 4 is 32.8 Å². The number of aromatic nitrogens is 2. The lowest BCUT2D eigenvalue weighted by molar-refractivity contribution is 0.363. The van der Waals surface area contributed by atoms with Crippen LogP contribution in [0.15, 0.2) is 23.1 Å². The molecule has 0 radical (unpaired) electrons. The zero-order chi connectivity index (χ0) is 14.8. The summed E-state index contributed by atoms with van der Waals surface area (Å²) in [5.41, 5.74) is 6.13. The van der Waals surface area contributed by atoms with Crippen molar-refractivity contribution in [1.82, 2.24) is 13.5 Å². The minimum absolute atomic E-state index is 0.156. The maximum atomic E-state index is 12.6. The Morgan fingerprint density at radius 2 is 2.00 bits per heavy atom. The van der Waals surface area contributed by atoms with Gasteiger partial charge in [-0.05, 0) is 25.0 Å². The van der Waals surface area contributed by atoms with Gasteiger partial charge in [0.05, 0.1) is 11.7 Å². The number of nitrogens with one attached hydrogen (secondary N) is 1. The molecule has 2 rings (SSSR count). The number of rotatable bonds is 6. The highest BCUT2D eigenvalue weighted by Gasteiger charge is 2.32. The first-order valence-corrected chi connectivity index (χ1v) is 8.64. The van der Waals surface area contributed by atoms with E-state index in [2.05, 4.69) is 13.5 Å². The van der Waals surface area contributed by atoms with Gasteiger partial charge in [0.2, 0.25) is 10.0 Å². The lowest BCUT2D eigenvalue weighted by Gasteiger charge is -2.30. The molecule has 3 N–H and O–H groups in total. The molecule has 0 saturated heterocycles. The van der Waals surface area contributed by atoms with Crippen molar-refractivity contribution in [2.75, 3.05) is 6.54 Å². The molecule has 0 atom stereocenters. The molecule has 20 heavy (non-hydrogen) atoms. The Morgan fingerprint density at radius 3 is 2.60 bits per heavy atom. The Bertz CT molecular complexity index is 684. The third kappa shape index (κ3) is 2.69. The fourth-order valence-corrected chi connectivity index (χ4v) is 4.38. The van der Waals surface area contributed by atoms with E-state index in [1.807, 2.05) is 13.8 Å². The Labute approximate surface area is 122 Å². The molecule has 0 aliphatic rings. The maximum Gasteiger partial charge on any atom is 0.243 e. The van der Waals surface area contributed by atoms with Crippen LogP contribution in [0.1, 0.15) is 26.7 Å². The molecule has 1 heterocycles. The minimum atomic E-state index is -3.68. The number of sulfonamides is 1. The highest BCUT2D eigenvalue weighted by Crippen LogP contribution is 2.24. The Balaban J connectivity index is 2.48. The zero-order valence-corrected chi connectivity index (χ0v) is 13.1. The molecular weight excluding hydrogens is 296 g/mol. The van der Waals surface area contributed by atoms with Crippen LogP contribution in [0.2, 0.25) is 0 Å². The third-order valence-corrected chi connectivity index (χ3v) is 5.79. The van der Waals surface area contributed by atoms with Crippen LogP contribution in [0, 0.1) is 0 Å². The summed E-state index contributed by atoms with van der Waals surface area (Å²) in [6, 6.07) is 4.95. The normalized spacial score (nSPS) is 12.9. The van der Waals surface area contributed by atoms with Crippen molar-refractivity contribution in [1.29, 1.82) is 0 Å². The highest BCUT2D eigenvalue weighted by atomic mass is 32.2. The van der Waals surface area contributed by atoms with E-state index in [0.29, 0.717) is 23.9 Å². The molecule has 0 spiro atoms. The Hall–Kier alpha value is -1.09. The summed E-state index contributed by atoms with van der Waals surface area (Å²) in [4.78, 5) is 0.156. The molecule has 0 amide bonds. The SMILES string of the molecule is CCC(CC)(CN)NS(=O)(=O)c1cccc2nsnc12. The second-order valence-corrected chi connectivity index (χ2v) is 6.86. The maximum absolute atomic E-state index is 12.6. The van der Waals surface area contributed by atoms with E-state index in [0.717, 1.165) is 11.7 Å². The Kier molecular flexibility index (Phi) is 4.38. The lowest BCUT2D eigenvalue weighted by atomic mass is 9.95. The first kappa shape index (κ1) is 15.3. The molecule has 0 unspecified atom stereocenters. The van der Waals surface area contributed by atoms with E-state index < -0.39 is 15.6 Å². The van der Waals surface area contributed by atoms with Crippen molar-refractivity contribution in [2.24, 2.45) is 5.73 Å². The van der Waals surface area contributed by atoms with Crippen molar-refractivity contribution in [3.05, 3.63) is 18.2 Å². The molecule has 1 aromatic heterocycles. The van der Waals surface area contributed by atoms with Crippen LogP contribution >= 0.6 is 11.7 Å². The topological polar surface area (TPSA) is 98.0 Å².